The Morgan fingerprint density at radius 1 is 1.62 bits per heavy atom. The molecule has 13 heavy (non-hydrogen) atoms. The van der Waals surface area contributed by atoms with Gasteiger partial charge in [-0.15, -0.1) is 11.3 Å². The largest absolute Gasteiger partial charge is 0.316 e. The van der Waals surface area contributed by atoms with Gasteiger partial charge in [-0.1, -0.05) is 0 Å². The van der Waals surface area contributed by atoms with Gasteiger partial charge in [0.05, 0.1) is 0 Å². The third kappa shape index (κ3) is 2.53. The SMILES string of the molecule is Brc1ccsc1CNCC1CNC1. The number of hydrogen-bond donors (Lipinski definition) is 2. The maximum absolute atomic E-state index is 3.52. The van der Waals surface area contributed by atoms with Gasteiger partial charge in [-0.3, -0.25) is 0 Å². The summed E-state index contributed by atoms with van der Waals surface area (Å²) in [5, 5.41) is 8.86. The molecule has 0 aromatic carbocycles. The van der Waals surface area contributed by atoms with E-state index in [2.05, 4.69) is 38.0 Å². The summed E-state index contributed by atoms with van der Waals surface area (Å²) in [5.41, 5.74) is 0. The first-order valence-electron chi connectivity index (χ1n) is 4.49. The molecule has 2 N–H and O–H groups in total. The van der Waals surface area contributed by atoms with Crippen LogP contribution in [0.2, 0.25) is 0 Å². The summed E-state index contributed by atoms with van der Waals surface area (Å²) in [6.07, 6.45) is 0. The smallest absolute Gasteiger partial charge is 0.0327 e. The van der Waals surface area contributed by atoms with Gasteiger partial charge in [-0.05, 0) is 33.3 Å². The molecule has 1 fully saturated rings. The Morgan fingerprint density at radius 2 is 2.46 bits per heavy atom. The lowest BCUT2D eigenvalue weighted by molar-refractivity contribution is 0.331. The summed E-state index contributed by atoms with van der Waals surface area (Å²) in [6, 6.07) is 2.10. The van der Waals surface area contributed by atoms with Crippen molar-refractivity contribution in [2.24, 2.45) is 5.92 Å². The highest BCUT2D eigenvalue weighted by Crippen LogP contribution is 2.22. The van der Waals surface area contributed by atoms with Crippen LogP contribution < -0.4 is 10.6 Å². The highest BCUT2D eigenvalue weighted by atomic mass is 79.9. The van der Waals surface area contributed by atoms with Crippen LogP contribution in [0.1, 0.15) is 4.88 Å². The monoisotopic (exact) mass is 260 g/mol. The molecule has 0 amide bonds. The van der Waals surface area contributed by atoms with Crippen molar-refractivity contribution in [1.29, 1.82) is 0 Å². The Balaban J connectivity index is 1.70. The first-order chi connectivity index (χ1) is 6.36. The summed E-state index contributed by atoms with van der Waals surface area (Å²) >= 11 is 5.32. The molecule has 0 atom stereocenters. The highest BCUT2D eigenvalue weighted by Gasteiger charge is 2.15. The summed E-state index contributed by atoms with van der Waals surface area (Å²) in [7, 11) is 0. The molecule has 2 rings (SSSR count). The maximum atomic E-state index is 3.52. The van der Waals surface area contributed by atoms with Crippen molar-refractivity contribution in [3.8, 4) is 0 Å². The average Bonchev–Trinajstić information content (AvgIpc) is 2.42. The molecule has 0 aliphatic carbocycles. The van der Waals surface area contributed by atoms with Crippen LogP contribution in [0.3, 0.4) is 0 Å². The Kier molecular flexibility index (Phi) is 3.38. The van der Waals surface area contributed by atoms with Crippen molar-refractivity contribution in [3.05, 3.63) is 20.8 Å². The van der Waals surface area contributed by atoms with Crippen LogP contribution in [0.25, 0.3) is 0 Å². The first-order valence-corrected chi connectivity index (χ1v) is 6.17. The normalized spacial score (nSPS) is 17.3. The van der Waals surface area contributed by atoms with E-state index in [-0.39, 0.29) is 0 Å². The topological polar surface area (TPSA) is 24.1 Å². The van der Waals surface area contributed by atoms with E-state index >= 15 is 0 Å². The van der Waals surface area contributed by atoms with Crippen LogP contribution in [-0.2, 0) is 6.54 Å². The molecule has 2 heterocycles. The first kappa shape index (κ1) is 9.65. The third-order valence-electron chi connectivity index (χ3n) is 2.28. The van der Waals surface area contributed by atoms with E-state index in [1.165, 1.54) is 22.4 Å². The van der Waals surface area contributed by atoms with E-state index in [0.717, 1.165) is 19.0 Å². The van der Waals surface area contributed by atoms with Crippen molar-refractivity contribution >= 4 is 27.3 Å². The van der Waals surface area contributed by atoms with E-state index in [1.807, 2.05) is 0 Å². The molecule has 0 spiro atoms. The molecule has 1 aromatic rings. The number of thiophene rings is 1. The van der Waals surface area contributed by atoms with E-state index in [4.69, 9.17) is 0 Å². The fourth-order valence-electron chi connectivity index (χ4n) is 1.33. The van der Waals surface area contributed by atoms with Gasteiger partial charge in [0, 0.05) is 35.5 Å². The minimum absolute atomic E-state index is 0.846. The Hall–Kier alpha value is 0.1000. The molecule has 0 bridgehead atoms. The second kappa shape index (κ2) is 4.55. The molecule has 1 aliphatic rings. The van der Waals surface area contributed by atoms with Crippen molar-refractivity contribution in [2.45, 2.75) is 6.54 Å². The summed E-state index contributed by atoms with van der Waals surface area (Å²) in [5.74, 6) is 0.846. The third-order valence-corrected chi connectivity index (χ3v) is 4.20. The van der Waals surface area contributed by atoms with E-state index < -0.39 is 0 Å². The van der Waals surface area contributed by atoms with Crippen LogP contribution >= 0.6 is 27.3 Å². The molecule has 0 unspecified atom stereocenters. The lowest BCUT2D eigenvalue weighted by Gasteiger charge is -2.27. The molecule has 0 radical (unpaired) electrons. The molecule has 2 nitrogen and oxygen atoms in total. The lowest BCUT2D eigenvalue weighted by atomic mass is 10.0. The number of rotatable bonds is 4. The van der Waals surface area contributed by atoms with Gasteiger partial charge in [0.25, 0.3) is 0 Å². The molecule has 1 saturated heterocycles. The zero-order valence-corrected chi connectivity index (χ0v) is 9.75. The second-order valence-electron chi connectivity index (χ2n) is 3.35. The van der Waals surface area contributed by atoms with Gasteiger partial charge in [0.1, 0.15) is 0 Å². The molecule has 4 heteroatoms. The number of halogens is 1. The summed E-state index contributed by atoms with van der Waals surface area (Å²) < 4.78 is 1.23. The molecule has 72 valence electrons. The number of hydrogen-bond acceptors (Lipinski definition) is 3. The van der Waals surface area contributed by atoms with Crippen LogP contribution in [0.5, 0.6) is 0 Å². The molecule has 1 aliphatic heterocycles. The lowest BCUT2D eigenvalue weighted by Crippen LogP contribution is -2.47. The molecule has 1 aromatic heterocycles. The van der Waals surface area contributed by atoms with E-state index in [9.17, 15) is 0 Å². The molecule has 0 saturated carbocycles. The number of nitrogens with one attached hydrogen (secondary N) is 2. The fourth-order valence-corrected chi connectivity index (χ4v) is 2.80. The van der Waals surface area contributed by atoms with Crippen LogP contribution in [0, 0.1) is 5.92 Å². The standard InChI is InChI=1S/C9H13BrN2S/c10-8-1-2-13-9(8)6-12-5-7-3-11-4-7/h1-2,7,11-12H,3-6H2. The predicted molar refractivity (Wildman–Crippen MR) is 60.1 cm³/mol. The Bertz CT molecular complexity index is 270. The predicted octanol–water partition coefficient (Wildman–Crippen LogP) is 1.82. The molecular formula is C9H13BrN2S. The van der Waals surface area contributed by atoms with Crippen molar-refractivity contribution in [1.82, 2.24) is 10.6 Å². The van der Waals surface area contributed by atoms with Crippen LogP contribution in [0.4, 0.5) is 0 Å². The van der Waals surface area contributed by atoms with Gasteiger partial charge < -0.3 is 10.6 Å². The van der Waals surface area contributed by atoms with Crippen molar-refractivity contribution < 1.29 is 0 Å². The van der Waals surface area contributed by atoms with Crippen LogP contribution in [-0.4, -0.2) is 19.6 Å². The van der Waals surface area contributed by atoms with Gasteiger partial charge in [0.15, 0.2) is 0 Å². The van der Waals surface area contributed by atoms with E-state index in [0.29, 0.717) is 0 Å². The van der Waals surface area contributed by atoms with Crippen molar-refractivity contribution in [3.63, 3.8) is 0 Å². The zero-order valence-electron chi connectivity index (χ0n) is 7.35. The minimum atomic E-state index is 0.846. The zero-order chi connectivity index (χ0) is 9.10. The van der Waals surface area contributed by atoms with E-state index in [1.54, 1.807) is 11.3 Å². The fraction of sp³-hybridized carbons (Fsp3) is 0.556. The highest BCUT2D eigenvalue weighted by molar-refractivity contribution is 9.10. The van der Waals surface area contributed by atoms with Gasteiger partial charge in [-0.2, -0.15) is 0 Å². The van der Waals surface area contributed by atoms with Gasteiger partial charge in [0.2, 0.25) is 0 Å². The van der Waals surface area contributed by atoms with Gasteiger partial charge in [-0.25, -0.2) is 0 Å². The summed E-state index contributed by atoms with van der Waals surface area (Å²) in [6.45, 7) is 4.49. The second-order valence-corrected chi connectivity index (χ2v) is 5.20. The minimum Gasteiger partial charge on any atom is -0.316 e. The average molecular weight is 261 g/mol. The Labute approximate surface area is 90.9 Å². The Morgan fingerprint density at radius 3 is 3.00 bits per heavy atom. The summed E-state index contributed by atoms with van der Waals surface area (Å²) in [4.78, 5) is 1.40. The molecular weight excluding hydrogens is 248 g/mol. The maximum Gasteiger partial charge on any atom is 0.0327 e. The van der Waals surface area contributed by atoms with Crippen LogP contribution in [0.15, 0.2) is 15.9 Å². The van der Waals surface area contributed by atoms with Crippen molar-refractivity contribution in [2.75, 3.05) is 19.6 Å². The van der Waals surface area contributed by atoms with Gasteiger partial charge >= 0.3 is 0 Å². The quantitative estimate of drug-likeness (QED) is 0.864.